The van der Waals surface area contributed by atoms with Gasteiger partial charge in [0.1, 0.15) is 11.0 Å². The molecule has 0 saturated heterocycles. The third-order valence-corrected chi connectivity index (χ3v) is 1.06. The molecule has 0 fully saturated rings. The molecule has 1 N–H and O–H groups in total. The molecule has 0 amide bonds. The van der Waals surface area contributed by atoms with Crippen LogP contribution < -0.4 is 0 Å². The third kappa shape index (κ3) is 5.93. The van der Waals surface area contributed by atoms with Crippen molar-refractivity contribution in [2.45, 2.75) is 6.92 Å². The van der Waals surface area contributed by atoms with E-state index in [1.54, 1.807) is 25.1 Å². The minimum atomic E-state index is 0.250. The quantitative estimate of drug-likeness (QED) is 0.327. The molecule has 70 valence electrons. The molecule has 1 rings (SSSR count). The van der Waals surface area contributed by atoms with Crippen LogP contribution in [0.1, 0.15) is 6.92 Å². The summed E-state index contributed by atoms with van der Waals surface area (Å²) in [4.78, 5) is 6.26. The lowest BCUT2D eigenvalue weighted by Crippen LogP contribution is -1.71. The van der Waals surface area contributed by atoms with E-state index in [9.17, 15) is 0 Å². The fourth-order valence-corrected chi connectivity index (χ4v) is 0.658. The molecule has 0 aliphatic heterocycles. The fourth-order valence-electron chi connectivity index (χ4n) is 0.499. The second-order valence-corrected chi connectivity index (χ2v) is 2.21. The van der Waals surface area contributed by atoms with Crippen molar-refractivity contribution in [1.29, 1.82) is 0 Å². The summed E-state index contributed by atoms with van der Waals surface area (Å²) >= 11 is 5.49. The van der Waals surface area contributed by atoms with Gasteiger partial charge in [-0.15, -0.1) is 0 Å². The maximum absolute atomic E-state index is 7.99. The monoisotopic (exact) mass is 200 g/mol. The van der Waals surface area contributed by atoms with E-state index in [0.717, 1.165) is 0 Å². The van der Waals surface area contributed by atoms with Crippen LogP contribution in [0.2, 0.25) is 5.15 Å². The Balaban J connectivity index is 0.000000424. The lowest BCUT2D eigenvalue weighted by atomic mass is 10.5. The standard InChI is InChI=1S/C5H3ClN4.C2H6O/c6-4-2-1-3-5(8-4)9-10-7;1-2-3/h1-3H;3H,2H2,1H3. The molecular formula is C7H9ClN4O. The zero-order valence-corrected chi connectivity index (χ0v) is 7.81. The zero-order valence-electron chi connectivity index (χ0n) is 7.05. The molecule has 0 radical (unpaired) electrons. The SMILES string of the molecule is CCO.[N-]=[N+]=Nc1cccc(Cl)n1. The number of azide groups is 1. The lowest BCUT2D eigenvalue weighted by Gasteiger charge is -1.88. The van der Waals surface area contributed by atoms with Crippen LogP contribution in [0.4, 0.5) is 5.82 Å². The van der Waals surface area contributed by atoms with Crippen molar-refractivity contribution in [3.8, 4) is 0 Å². The van der Waals surface area contributed by atoms with Crippen molar-refractivity contribution in [3.05, 3.63) is 33.8 Å². The number of aliphatic hydroxyl groups is 1. The minimum absolute atomic E-state index is 0.250. The molecule has 6 heteroatoms. The summed E-state index contributed by atoms with van der Waals surface area (Å²) in [6, 6.07) is 4.85. The van der Waals surface area contributed by atoms with Gasteiger partial charge in [-0.05, 0) is 29.7 Å². The second kappa shape index (κ2) is 7.36. The second-order valence-electron chi connectivity index (χ2n) is 1.82. The summed E-state index contributed by atoms with van der Waals surface area (Å²) in [5, 5.41) is 11.1. The minimum Gasteiger partial charge on any atom is -0.397 e. The Labute approximate surface area is 80.6 Å². The molecule has 0 bridgehead atoms. The number of rotatable bonds is 1. The van der Waals surface area contributed by atoms with E-state index in [0.29, 0.717) is 5.15 Å². The van der Waals surface area contributed by atoms with Gasteiger partial charge in [0.25, 0.3) is 0 Å². The fraction of sp³-hybridized carbons (Fsp3) is 0.286. The van der Waals surface area contributed by atoms with Crippen molar-refractivity contribution in [2.24, 2.45) is 5.11 Å². The molecule has 0 unspecified atom stereocenters. The largest absolute Gasteiger partial charge is 0.397 e. The average molecular weight is 201 g/mol. The number of hydrogen-bond acceptors (Lipinski definition) is 3. The van der Waals surface area contributed by atoms with E-state index in [4.69, 9.17) is 22.2 Å². The predicted molar refractivity (Wildman–Crippen MR) is 50.8 cm³/mol. The first-order chi connectivity index (χ1) is 6.24. The Morgan fingerprint density at radius 3 is 2.77 bits per heavy atom. The lowest BCUT2D eigenvalue weighted by molar-refractivity contribution is 0.318. The van der Waals surface area contributed by atoms with Crippen molar-refractivity contribution in [2.75, 3.05) is 6.61 Å². The van der Waals surface area contributed by atoms with Crippen LogP contribution in [0.3, 0.4) is 0 Å². The van der Waals surface area contributed by atoms with Crippen LogP contribution in [-0.2, 0) is 0 Å². The van der Waals surface area contributed by atoms with Crippen molar-refractivity contribution in [3.63, 3.8) is 0 Å². The highest BCUT2D eigenvalue weighted by atomic mass is 35.5. The highest BCUT2D eigenvalue weighted by molar-refractivity contribution is 6.29. The smallest absolute Gasteiger partial charge is 0.129 e. The van der Waals surface area contributed by atoms with Crippen LogP contribution >= 0.6 is 11.6 Å². The number of hydrogen-bond donors (Lipinski definition) is 1. The summed E-state index contributed by atoms with van der Waals surface area (Å²) in [6.45, 7) is 1.93. The van der Waals surface area contributed by atoms with E-state index in [2.05, 4.69) is 15.0 Å². The van der Waals surface area contributed by atoms with Crippen molar-refractivity contribution >= 4 is 17.4 Å². The Bertz CT molecular complexity index is 298. The van der Waals surface area contributed by atoms with E-state index in [1.807, 2.05) is 0 Å². The van der Waals surface area contributed by atoms with Gasteiger partial charge in [-0.25, -0.2) is 4.98 Å². The van der Waals surface area contributed by atoms with Gasteiger partial charge < -0.3 is 5.11 Å². The molecule has 1 aromatic rings. The van der Waals surface area contributed by atoms with Gasteiger partial charge >= 0.3 is 0 Å². The van der Waals surface area contributed by atoms with Crippen molar-refractivity contribution < 1.29 is 5.11 Å². The van der Waals surface area contributed by atoms with Gasteiger partial charge in [-0.1, -0.05) is 17.7 Å². The molecule has 0 aliphatic carbocycles. The maximum atomic E-state index is 7.99. The Morgan fingerprint density at radius 1 is 1.69 bits per heavy atom. The highest BCUT2D eigenvalue weighted by Crippen LogP contribution is 2.11. The number of aromatic nitrogens is 1. The Hall–Kier alpha value is -1.29. The Kier molecular flexibility index (Phi) is 6.63. The molecule has 1 heterocycles. The van der Waals surface area contributed by atoms with Gasteiger partial charge in [0.05, 0.1) is 0 Å². The maximum Gasteiger partial charge on any atom is 0.129 e. The van der Waals surface area contributed by atoms with Gasteiger partial charge in [-0.2, -0.15) is 0 Å². The van der Waals surface area contributed by atoms with E-state index < -0.39 is 0 Å². The number of pyridine rings is 1. The number of nitrogens with zero attached hydrogens (tertiary/aromatic N) is 4. The normalized spacial score (nSPS) is 7.92. The van der Waals surface area contributed by atoms with E-state index >= 15 is 0 Å². The average Bonchev–Trinajstić information content (AvgIpc) is 2.06. The Morgan fingerprint density at radius 2 is 2.31 bits per heavy atom. The van der Waals surface area contributed by atoms with Crippen LogP contribution in [0, 0.1) is 0 Å². The third-order valence-electron chi connectivity index (χ3n) is 0.848. The first-order valence-electron chi connectivity index (χ1n) is 3.53. The van der Waals surface area contributed by atoms with Gasteiger partial charge in [0.2, 0.25) is 0 Å². The summed E-state index contributed by atoms with van der Waals surface area (Å²) in [7, 11) is 0. The number of halogens is 1. The predicted octanol–water partition coefficient (Wildman–Crippen LogP) is 2.68. The topological polar surface area (TPSA) is 81.9 Å². The summed E-state index contributed by atoms with van der Waals surface area (Å²) in [5.74, 6) is 0.287. The summed E-state index contributed by atoms with van der Waals surface area (Å²) < 4.78 is 0. The van der Waals surface area contributed by atoms with Gasteiger partial charge in [0.15, 0.2) is 0 Å². The first-order valence-corrected chi connectivity index (χ1v) is 3.91. The van der Waals surface area contributed by atoms with Crippen LogP contribution in [0.25, 0.3) is 10.4 Å². The molecular weight excluding hydrogens is 192 g/mol. The molecule has 13 heavy (non-hydrogen) atoms. The van der Waals surface area contributed by atoms with Crippen LogP contribution in [-0.4, -0.2) is 16.7 Å². The first kappa shape index (κ1) is 11.7. The molecule has 1 aromatic heterocycles. The molecule has 0 saturated carbocycles. The molecule has 0 atom stereocenters. The summed E-state index contributed by atoms with van der Waals surface area (Å²) in [5.41, 5.74) is 7.99. The van der Waals surface area contributed by atoms with Gasteiger partial charge in [-0.3, -0.25) is 0 Å². The summed E-state index contributed by atoms with van der Waals surface area (Å²) in [6.07, 6.45) is 0. The van der Waals surface area contributed by atoms with Gasteiger partial charge in [0, 0.05) is 11.5 Å². The van der Waals surface area contributed by atoms with Crippen LogP contribution in [0.15, 0.2) is 23.3 Å². The van der Waals surface area contributed by atoms with E-state index in [-0.39, 0.29) is 12.4 Å². The van der Waals surface area contributed by atoms with E-state index in [1.165, 1.54) is 0 Å². The number of aliphatic hydroxyl groups excluding tert-OH is 1. The molecule has 5 nitrogen and oxygen atoms in total. The molecule has 0 aromatic carbocycles. The molecule has 0 spiro atoms. The highest BCUT2D eigenvalue weighted by Gasteiger charge is 1.88. The molecule has 0 aliphatic rings. The van der Waals surface area contributed by atoms with Crippen LogP contribution in [0.5, 0.6) is 0 Å². The zero-order chi connectivity index (χ0) is 10.1. The van der Waals surface area contributed by atoms with Crippen molar-refractivity contribution in [1.82, 2.24) is 4.98 Å².